The van der Waals surface area contributed by atoms with E-state index in [1.165, 1.54) is 30.4 Å². The van der Waals surface area contributed by atoms with Crippen molar-refractivity contribution in [3.63, 3.8) is 0 Å². The van der Waals surface area contributed by atoms with Crippen LogP contribution in [-0.4, -0.2) is 37.6 Å². The Balaban J connectivity index is 1.27. The minimum atomic E-state index is -3.40. The zero-order valence-corrected chi connectivity index (χ0v) is 16.7. The lowest BCUT2D eigenvalue weighted by Crippen LogP contribution is -2.42. The Kier molecular flexibility index (Phi) is 4.34. The van der Waals surface area contributed by atoms with Gasteiger partial charge in [-0.15, -0.1) is 0 Å². The van der Waals surface area contributed by atoms with Crippen molar-refractivity contribution in [2.24, 2.45) is 17.8 Å². The first-order chi connectivity index (χ1) is 13.0. The fourth-order valence-electron chi connectivity index (χ4n) is 6.31. The van der Waals surface area contributed by atoms with Crippen LogP contribution in [0.4, 0.5) is 0 Å². The third kappa shape index (κ3) is 3.32. The van der Waals surface area contributed by atoms with Crippen molar-refractivity contribution >= 4 is 15.7 Å². The van der Waals surface area contributed by atoms with E-state index in [9.17, 15) is 13.2 Å². The van der Waals surface area contributed by atoms with E-state index in [1.54, 1.807) is 6.07 Å². The second-order valence-corrected chi connectivity index (χ2v) is 11.4. The summed E-state index contributed by atoms with van der Waals surface area (Å²) in [6.07, 6.45) is 9.40. The summed E-state index contributed by atoms with van der Waals surface area (Å²) in [5, 5.41) is 0. The Hall–Kier alpha value is -1.36. The van der Waals surface area contributed by atoms with Gasteiger partial charge in [-0.25, -0.2) is 8.42 Å². The largest absolute Gasteiger partial charge is 0.339 e. The van der Waals surface area contributed by atoms with Gasteiger partial charge in [0.05, 0.1) is 10.6 Å². The normalized spacial score (nSPS) is 31.8. The van der Waals surface area contributed by atoms with E-state index in [-0.39, 0.29) is 18.1 Å². The van der Waals surface area contributed by atoms with E-state index in [2.05, 4.69) is 4.90 Å². The maximum absolute atomic E-state index is 12.9. The molecule has 0 N–H and O–H groups in total. The number of carbonyl (C=O) groups excluding carboxylic acids is 1. The summed E-state index contributed by atoms with van der Waals surface area (Å²) >= 11 is 0. The molecule has 5 heteroatoms. The van der Waals surface area contributed by atoms with E-state index >= 15 is 0 Å². The monoisotopic (exact) mass is 387 g/mol. The highest BCUT2D eigenvalue weighted by molar-refractivity contribution is 7.91. The number of aryl methyl sites for hydroxylation is 2. The fourth-order valence-corrected chi connectivity index (χ4v) is 7.59. The van der Waals surface area contributed by atoms with Crippen LogP contribution in [0.25, 0.3) is 0 Å². The molecular weight excluding hydrogens is 358 g/mol. The molecule has 27 heavy (non-hydrogen) atoms. The molecular formula is C22H29NO3S. The van der Waals surface area contributed by atoms with Crippen molar-refractivity contribution in [1.82, 2.24) is 4.90 Å². The van der Waals surface area contributed by atoms with Gasteiger partial charge in [0.2, 0.25) is 5.91 Å². The van der Waals surface area contributed by atoms with Gasteiger partial charge in [0.25, 0.3) is 0 Å². The van der Waals surface area contributed by atoms with Crippen LogP contribution < -0.4 is 0 Å². The quantitative estimate of drug-likeness (QED) is 0.796. The van der Waals surface area contributed by atoms with Gasteiger partial charge < -0.3 is 4.90 Å². The van der Waals surface area contributed by atoms with Crippen LogP contribution in [0.2, 0.25) is 0 Å². The first-order valence-corrected chi connectivity index (χ1v) is 12.3. The van der Waals surface area contributed by atoms with Crippen LogP contribution in [0.15, 0.2) is 23.1 Å². The number of nitrogens with zero attached hydrogens (tertiary/aromatic N) is 1. The molecule has 2 heterocycles. The third-order valence-electron chi connectivity index (χ3n) is 7.44. The predicted molar refractivity (Wildman–Crippen MR) is 104 cm³/mol. The molecule has 2 saturated carbocycles. The highest BCUT2D eigenvalue weighted by Gasteiger charge is 2.43. The summed E-state index contributed by atoms with van der Waals surface area (Å²) in [7, 11) is -3.40. The van der Waals surface area contributed by atoms with E-state index < -0.39 is 9.84 Å². The molecule has 2 aliphatic heterocycles. The predicted octanol–water partition coefficient (Wildman–Crippen LogP) is 3.38. The van der Waals surface area contributed by atoms with Gasteiger partial charge in [-0.3, -0.25) is 4.79 Å². The molecule has 2 atom stereocenters. The molecule has 0 radical (unpaired) electrons. The molecule has 4 bridgehead atoms. The van der Waals surface area contributed by atoms with Crippen molar-refractivity contribution in [2.45, 2.75) is 68.7 Å². The number of benzene rings is 1. The fraction of sp³-hybridized carbons (Fsp3) is 0.682. The van der Waals surface area contributed by atoms with Crippen LogP contribution in [0.5, 0.6) is 0 Å². The zero-order chi connectivity index (χ0) is 18.6. The maximum atomic E-state index is 12.9. The molecule has 1 aromatic rings. The van der Waals surface area contributed by atoms with Gasteiger partial charge in [0, 0.05) is 19.0 Å². The van der Waals surface area contributed by atoms with Crippen molar-refractivity contribution in [1.29, 1.82) is 0 Å². The number of sulfone groups is 1. The SMILES string of the molecule is O=C(CCS(=O)(=O)c1ccc2c(c1)CCC2)N1CC2CC3CC(C2)CC1C3. The second kappa shape index (κ2) is 6.61. The summed E-state index contributed by atoms with van der Waals surface area (Å²) in [5.74, 6) is 2.21. The Morgan fingerprint density at radius 2 is 1.67 bits per heavy atom. The second-order valence-electron chi connectivity index (χ2n) is 9.33. The van der Waals surface area contributed by atoms with Crippen molar-refractivity contribution in [2.75, 3.05) is 12.3 Å². The highest BCUT2D eigenvalue weighted by atomic mass is 32.2. The standard InChI is InChI=1S/C22H29NO3S/c24-22(23-14-17-9-15-8-16(10-17)12-20(23)11-15)6-7-27(25,26)21-5-4-18-2-1-3-19(18)13-21/h4-5,13,15-17,20H,1-3,6-12,14H2. The van der Waals surface area contributed by atoms with E-state index in [4.69, 9.17) is 0 Å². The number of hydrogen-bond donors (Lipinski definition) is 0. The van der Waals surface area contributed by atoms with Gasteiger partial charge in [-0.2, -0.15) is 0 Å². The molecule has 4 nitrogen and oxygen atoms in total. The molecule has 146 valence electrons. The lowest BCUT2D eigenvalue weighted by molar-refractivity contribution is -0.133. The van der Waals surface area contributed by atoms with Gasteiger partial charge in [-0.05, 0) is 92.4 Å². The van der Waals surface area contributed by atoms with E-state index in [0.717, 1.165) is 50.5 Å². The molecule has 1 amide bonds. The highest BCUT2D eigenvalue weighted by Crippen LogP contribution is 2.47. The molecule has 2 saturated heterocycles. The first kappa shape index (κ1) is 17.7. The molecule has 0 spiro atoms. The Morgan fingerprint density at radius 3 is 2.44 bits per heavy atom. The minimum Gasteiger partial charge on any atom is -0.339 e. The van der Waals surface area contributed by atoms with Crippen molar-refractivity contribution in [3.8, 4) is 0 Å². The Bertz CT molecular complexity index is 848. The van der Waals surface area contributed by atoms with Crippen LogP contribution >= 0.6 is 0 Å². The minimum absolute atomic E-state index is 0.0536. The number of carbonyl (C=O) groups is 1. The third-order valence-corrected chi connectivity index (χ3v) is 9.15. The molecule has 5 aliphatic rings. The van der Waals surface area contributed by atoms with Crippen LogP contribution in [0, 0.1) is 17.8 Å². The molecule has 4 fully saturated rings. The lowest BCUT2D eigenvalue weighted by atomic mass is 9.68. The molecule has 6 rings (SSSR count). The molecule has 3 aliphatic carbocycles. The Morgan fingerprint density at radius 1 is 0.963 bits per heavy atom. The lowest BCUT2D eigenvalue weighted by Gasteiger charge is -2.39. The number of rotatable bonds is 4. The number of fused-ring (bicyclic) bond motifs is 2. The maximum Gasteiger partial charge on any atom is 0.223 e. The van der Waals surface area contributed by atoms with Crippen LogP contribution in [0.3, 0.4) is 0 Å². The summed E-state index contributed by atoms with van der Waals surface area (Å²) in [6, 6.07) is 5.89. The van der Waals surface area contributed by atoms with Gasteiger partial charge >= 0.3 is 0 Å². The summed E-state index contributed by atoms with van der Waals surface area (Å²) in [5.41, 5.74) is 2.45. The van der Waals surface area contributed by atoms with Gasteiger partial charge in [-0.1, -0.05) is 6.07 Å². The summed E-state index contributed by atoms with van der Waals surface area (Å²) in [4.78, 5) is 15.4. The average Bonchev–Trinajstić information content (AvgIpc) is 3.02. The number of amides is 1. The average molecular weight is 388 g/mol. The molecule has 0 aromatic heterocycles. The van der Waals surface area contributed by atoms with Crippen LogP contribution in [0.1, 0.15) is 56.1 Å². The number of hydrogen-bond acceptors (Lipinski definition) is 3. The molecule has 1 aromatic carbocycles. The topological polar surface area (TPSA) is 54.5 Å². The molecule has 2 unspecified atom stereocenters. The van der Waals surface area contributed by atoms with Gasteiger partial charge in [0.15, 0.2) is 9.84 Å². The van der Waals surface area contributed by atoms with Crippen LogP contribution in [-0.2, 0) is 27.5 Å². The van der Waals surface area contributed by atoms with Crippen molar-refractivity contribution < 1.29 is 13.2 Å². The van der Waals surface area contributed by atoms with E-state index in [0.29, 0.717) is 16.9 Å². The Labute approximate surface area is 162 Å². The summed E-state index contributed by atoms with van der Waals surface area (Å²) < 4.78 is 25.6. The van der Waals surface area contributed by atoms with E-state index in [1.807, 2.05) is 12.1 Å². The smallest absolute Gasteiger partial charge is 0.223 e. The first-order valence-electron chi connectivity index (χ1n) is 10.6. The van der Waals surface area contributed by atoms with Gasteiger partial charge in [0.1, 0.15) is 0 Å². The summed E-state index contributed by atoms with van der Waals surface area (Å²) in [6.45, 7) is 0.857. The van der Waals surface area contributed by atoms with Crippen molar-refractivity contribution in [3.05, 3.63) is 29.3 Å². The zero-order valence-electron chi connectivity index (χ0n) is 15.9.